The van der Waals surface area contributed by atoms with Crippen molar-refractivity contribution in [2.45, 2.75) is 19.3 Å². The van der Waals surface area contributed by atoms with Gasteiger partial charge in [0.15, 0.2) is 0 Å². The number of hydrogen-bond acceptors (Lipinski definition) is 9. The number of nitrogens with zero attached hydrogens (tertiary/aromatic N) is 6. The van der Waals surface area contributed by atoms with Gasteiger partial charge in [-0.05, 0) is 36.8 Å². The molecule has 178 valence electrons. The van der Waals surface area contributed by atoms with Gasteiger partial charge in [-0.2, -0.15) is 10.1 Å². The zero-order valence-corrected chi connectivity index (χ0v) is 19.3. The number of benzene rings is 2. The van der Waals surface area contributed by atoms with E-state index in [1.165, 1.54) is 12.1 Å². The minimum absolute atomic E-state index is 0.209. The molecule has 0 amide bonds. The van der Waals surface area contributed by atoms with Crippen LogP contribution in [-0.4, -0.2) is 49.8 Å². The van der Waals surface area contributed by atoms with E-state index in [2.05, 4.69) is 30.9 Å². The highest BCUT2D eigenvalue weighted by atomic mass is 19.1. The summed E-state index contributed by atoms with van der Waals surface area (Å²) in [5.74, 6) is 1.60. The van der Waals surface area contributed by atoms with E-state index in [4.69, 9.17) is 9.72 Å². The molecule has 10 nitrogen and oxygen atoms in total. The number of aryl methyl sites for hydroxylation is 1. The third-order valence-electron chi connectivity index (χ3n) is 5.87. The minimum Gasteiger partial charge on any atom is -0.494 e. The summed E-state index contributed by atoms with van der Waals surface area (Å²) in [7, 11) is 3.32. The molecule has 2 aromatic heterocycles. The Kier molecular flexibility index (Phi) is 5.73. The Morgan fingerprint density at radius 3 is 2.63 bits per heavy atom. The maximum absolute atomic E-state index is 13.5. The van der Waals surface area contributed by atoms with Crippen LogP contribution in [0.2, 0.25) is 0 Å². The molecular formula is C24H23FN8O2. The van der Waals surface area contributed by atoms with E-state index in [0.717, 1.165) is 11.3 Å². The van der Waals surface area contributed by atoms with Gasteiger partial charge in [0.25, 0.3) is 0 Å². The average molecular weight is 475 g/mol. The first kappa shape index (κ1) is 22.3. The van der Waals surface area contributed by atoms with Crippen molar-refractivity contribution in [3.63, 3.8) is 0 Å². The lowest BCUT2D eigenvalue weighted by Gasteiger charge is -2.15. The van der Waals surface area contributed by atoms with Crippen molar-refractivity contribution in [1.29, 1.82) is 0 Å². The van der Waals surface area contributed by atoms with E-state index in [-0.39, 0.29) is 11.7 Å². The fourth-order valence-electron chi connectivity index (χ4n) is 4.24. The molecule has 11 heteroatoms. The number of fused-ring (bicyclic) bond motifs is 1. The molecule has 4 aromatic rings. The Bertz CT molecular complexity index is 1420. The molecule has 0 spiro atoms. The maximum Gasteiger partial charge on any atom is 0.229 e. The molecular weight excluding hydrogens is 451 g/mol. The summed E-state index contributed by atoms with van der Waals surface area (Å²) in [5.41, 5.74) is 4.12. The van der Waals surface area contributed by atoms with Crippen LogP contribution >= 0.6 is 0 Å². The molecule has 0 bridgehead atoms. The van der Waals surface area contributed by atoms with Gasteiger partial charge in [0, 0.05) is 31.1 Å². The third-order valence-corrected chi connectivity index (χ3v) is 5.87. The van der Waals surface area contributed by atoms with Crippen LogP contribution in [-0.2, 0) is 0 Å². The molecule has 0 saturated carbocycles. The van der Waals surface area contributed by atoms with Crippen molar-refractivity contribution in [1.82, 2.24) is 24.7 Å². The molecule has 0 saturated heterocycles. The topological polar surface area (TPSA) is 122 Å². The molecule has 35 heavy (non-hydrogen) atoms. The number of ether oxygens (including phenoxy) is 1. The number of aromatic nitrogens is 5. The lowest BCUT2D eigenvalue weighted by molar-refractivity contribution is 0.318. The van der Waals surface area contributed by atoms with E-state index < -0.39 is 0 Å². The maximum atomic E-state index is 13.5. The average Bonchev–Trinajstić information content (AvgIpc) is 3.47. The monoisotopic (exact) mass is 474 g/mol. The largest absolute Gasteiger partial charge is 0.494 e. The van der Waals surface area contributed by atoms with Gasteiger partial charge in [0.05, 0.1) is 24.1 Å². The van der Waals surface area contributed by atoms with E-state index in [0.29, 0.717) is 52.4 Å². The van der Waals surface area contributed by atoms with Gasteiger partial charge in [0.2, 0.25) is 5.95 Å². The Balaban J connectivity index is 1.53. The van der Waals surface area contributed by atoms with Crippen molar-refractivity contribution in [2.75, 3.05) is 24.8 Å². The van der Waals surface area contributed by atoms with Crippen molar-refractivity contribution >= 4 is 23.2 Å². The summed E-state index contributed by atoms with van der Waals surface area (Å²) in [6, 6.07) is 11.8. The second-order valence-electron chi connectivity index (χ2n) is 8.01. The van der Waals surface area contributed by atoms with Crippen LogP contribution in [0.4, 0.5) is 21.8 Å². The highest BCUT2D eigenvalue weighted by molar-refractivity contribution is 6.08. The summed E-state index contributed by atoms with van der Waals surface area (Å²) >= 11 is 0. The van der Waals surface area contributed by atoms with Crippen molar-refractivity contribution < 1.29 is 14.3 Å². The molecule has 5 rings (SSSR count). The van der Waals surface area contributed by atoms with Gasteiger partial charge < -0.3 is 20.6 Å². The number of nitrogens with one attached hydrogen (secondary N) is 2. The van der Waals surface area contributed by atoms with E-state index in [1.54, 1.807) is 37.3 Å². The lowest BCUT2D eigenvalue weighted by atomic mass is 9.96. The molecule has 3 N–H and O–H groups in total. The number of rotatable bonds is 6. The van der Waals surface area contributed by atoms with Crippen molar-refractivity contribution in [3.05, 3.63) is 77.3 Å². The Hall–Kier alpha value is -4.54. The summed E-state index contributed by atoms with van der Waals surface area (Å²) in [6.45, 7) is 1.82. The summed E-state index contributed by atoms with van der Waals surface area (Å²) in [6.07, 6.45) is 2.04. The number of methoxy groups -OCH3 is 1. The molecule has 0 unspecified atom stereocenters. The predicted molar refractivity (Wildman–Crippen MR) is 129 cm³/mol. The number of halogens is 1. The second kappa shape index (κ2) is 9.01. The highest BCUT2D eigenvalue weighted by Gasteiger charge is 2.34. The van der Waals surface area contributed by atoms with Crippen molar-refractivity contribution in [2.24, 2.45) is 5.16 Å². The molecule has 2 heterocycles. The Labute approximate surface area is 200 Å². The van der Waals surface area contributed by atoms with Crippen LogP contribution in [0.1, 0.15) is 35.0 Å². The molecule has 0 aliphatic heterocycles. The van der Waals surface area contributed by atoms with Crippen LogP contribution in [0.15, 0.2) is 53.9 Å². The first-order valence-corrected chi connectivity index (χ1v) is 10.9. The van der Waals surface area contributed by atoms with Gasteiger partial charge in [-0.25, -0.2) is 19.0 Å². The van der Waals surface area contributed by atoms with Crippen LogP contribution in [0.25, 0.3) is 5.69 Å². The van der Waals surface area contributed by atoms with Gasteiger partial charge in [-0.1, -0.05) is 17.3 Å². The standard InChI is InChI=1S/C24H23FN8O2/c1-13-27-12-33(31-13)19-9-8-16(10-20(19)35-3)28-24-29-22-17(14-4-6-15(25)7-5-14)11-18(32-34)21(22)23(26-2)30-24/h4-10,12,17,34H,11H2,1-3H3,(H2,26,28,29,30)/b32-18+/t17-/m0/s1. The van der Waals surface area contributed by atoms with Gasteiger partial charge >= 0.3 is 0 Å². The molecule has 1 atom stereocenters. The summed E-state index contributed by atoms with van der Waals surface area (Å²) in [4.78, 5) is 13.5. The van der Waals surface area contributed by atoms with Crippen LogP contribution in [0, 0.1) is 12.7 Å². The quantitative estimate of drug-likeness (QED) is 0.283. The van der Waals surface area contributed by atoms with E-state index in [1.807, 2.05) is 25.1 Å². The predicted octanol–water partition coefficient (Wildman–Crippen LogP) is 4.01. The molecule has 1 aliphatic carbocycles. The van der Waals surface area contributed by atoms with Gasteiger partial charge in [-0.3, -0.25) is 0 Å². The van der Waals surface area contributed by atoms with Crippen molar-refractivity contribution in [3.8, 4) is 11.4 Å². The lowest BCUT2D eigenvalue weighted by Crippen LogP contribution is -2.09. The first-order valence-electron chi connectivity index (χ1n) is 10.9. The van der Waals surface area contributed by atoms with Crippen LogP contribution in [0.3, 0.4) is 0 Å². The molecule has 0 fully saturated rings. The Morgan fingerprint density at radius 2 is 1.97 bits per heavy atom. The number of anilines is 3. The van der Waals surface area contributed by atoms with E-state index >= 15 is 0 Å². The van der Waals surface area contributed by atoms with Crippen LogP contribution < -0.4 is 15.4 Å². The smallest absolute Gasteiger partial charge is 0.229 e. The zero-order valence-electron chi connectivity index (χ0n) is 19.3. The SMILES string of the molecule is CNc1nc(Nc2ccc(-n3cnc(C)n3)c(OC)c2)nc2c1/C(=N/O)C[C@H]2c1ccc(F)cc1. The second-order valence-corrected chi connectivity index (χ2v) is 8.01. The molecule has 1 aliphatic rings. The zero-order chi connectivity index (χ0) is 24.5. The Morgan fingerprint density at radius 1 is 1.17 bits per heavy atom. The van der Waals surface area contributed by atoms with Crippen LogP contribution in [0.5, 0.6) is 5.75 Å². The normalized spacial score (nSPS) is 15.8. The first-order chi connectivity index (χ1) is 17.0. The third kappa shape index (κ3) is 4.12. The summed E-state index contributed by atoms with van der Waals surface area (Å²) < 4.78 is 20.7. The summed E-state index contributed by atoms with van der Waals surface area (Å²) in [5, 5.41) is 23.7. The number of hydrogen-bond donors (Lipinski definition) is 3. The highest BCUT2D eigenvalue weighted by Crippen LogP contribution is 2.41. The fraction of sp³-hybridized carbons (Fsp3) is 0.208. The van der Waals surface area contributed by atoms with E-state index in [9.17, 15) is 9.60 Å². The molecule has 0 radical (unpaired) electrons. The molecule has 2 aromatic carbocycles. The van der Waals surface area contributed by atoms with Gasteiger partial charge in [0.1, 0.15) is 35.2 Å². The fourth-order valence-corrected chi connectivity index (χ4v) is 4.24. The number of oxime groups is 1. The minimum atomic E-state index is -0.317. The van der Waals surface area contributed by atoms with Gasteiger partial charge in [-0.15, -0.1) is 0 Å².